The van der Waals surface area contributed by atoms with Crippen molar-refractivity contribution in [3.05, 3.63) is 53.8 Å². The molecule has 0 aliphatic carbocycles. The molecule has 0 fully saturated rings. The van der Waals surface area contributed by atoms with Crippen LogP contribution < -0.4 is 5.32 Å². The lowest BCUT2D eigenvalue weighted by Crippen LogP contribution is -1.98. The summed E-state index contributed by atoms with van der Waals surface area (Å²) in [6.45, 7) is 0. The average Bonchev–Trinajstić information content (AvgIpc) is 2.33. The van der Waals surface area contributed by atoms with Crippen molar-refractivity contribution in [3.8, 4) is 5.75 Å². The van der Waals surface area contributed by atoms with Gasteiger partial charge in [0, 0.05) is 5.69 Å². The molecular weight excluding hydrogens is 231 g/mol. The summed E-state index contributed by atoms with van der Waals surface area (Å²) in [5.41, 5.74) is 0.280. The average molecular weight is 239 g/mol. The molecule has 0 saturated heterocycles. The van der Waals surface area contributed by atoms with E-state index in [4.69, 9.17) is 5.11 Å². The highest BCUT2D eigenvalue weighted by atomic mass is 19.2. The van der Waals surface area contributed by atoms with Gasteiger partial charge in [0.05, 0.1) is 5.69 Å². The van der Waals surface area contributed by atoms with E-state index in [9.17, 15) is 13.2 Å². The number of anilines is 2. The van der Waals surface area contributed by atoms with Crippen LogP contribution in [0.1, 0.15) is 0 Å². The molecular formula is C12H8F3NO. The van der Waals surface area contributed by atoms with Crippen LogP contribution in [-0.2, 0) is 0 Å². The summed E-state index contributed by atoms with van der Waals surface area (Å²) in [4.78, 5) is 0. The summed E-state index contributed by atoms with van der Waals surface area (Å²) in [6.07, 6.45) is 0. The molecule has 0 saturated carbocycles. The Morgan fingerprint density at radius 3 is 2.12 bits per heavy atom. The van der Waals surface area contributed by atoms with Crippen molar-refractivity contribution < 1.29 is 18.3 Å². The number of benzene rings is 2. The Labute approximate surface area is 95.3 Å². The summed E-state index contributed by atoms with van der Waals surface area (Å²) < 4.78 is 38.9. The predicted molar refractivity (Wildman–Crippen MR) is 57.7 cm³/mol. The van der Waals surface area contributed by atoms with Gasteiger partial charge in [-0.2, -0.15) is 0 Å². The van der Waals surface area contributed by atoms with E-state index in [-0.39, 0.29) is 11.4 Å². The molecule has 0 aliphatic heterocycles. The molecule has 88 valence electrons. The molecule has 0 spiro atoms. The van der Waals surface area contributed by atoms with Crippen LogP contribution in [0.15, 0.2) is 36.4 Å². The fourth-order valence-electron chi connectivity index (χ4n) is 1.32. The number of rotatable bonds is 2. The zero-order valence-corrected chi connectivity index (χ0v) is 8.55. The predicted octanol–water partition coefficient (Wildman–Crippen LogP) is 3.55. The molecule has 2 nitrogen and oxygen atoms in total. The lowest BCUT2D eigenvalue weighted by Gasteiger charge is -2.08. The SMILES string of the molecule is Oc1ccc(Nc2ccc(F)c(F)c2F)cc1. The van der Waals surface area contributed by atoms with Gasteiger partial charge >= 0.3 is 0 Å². The van der Waals surface area contributed by atoms with E-state index < -0.39 is 17.5 Å². The number of halogens is 3. The van der Waals surface area contributed by atoms with Crippen molar-refractivity contribution in [2.75, 3.05) is 5.32 Å². The van der Waals surface area contributed by atoms with Crippen LogP contribution >= 0.6 is 0 Å². The van der Waals surface area contributed by atoms with Crippen molar-refractivity contribution in [2.45, 2.75) is 0 Å². The van der Waals surface area contributed by atoms with Crippen LogP contribution in [0.2, 0.25) is 0 Å². The molecule has 0 unspecified atom stereocenters. The van der Waals surface area contributed by atoms with Crippen molar-refractivity contribution in [1.82, 2.24) is 0 Å². The van der Waals surface area contributed by atoms with Crippen molar-refractivity contribution in [3.63, 3.8) is 0 Å². The van der Waals surface area contributed by atoms with Gasteiger partial charge in [-0.05, 0) is 36.4 Å². The Kier molecular flexibility index (Phi) is 2.91. The van der Waals surface area contributed by atoms with E-state index >= 15 is 0 Å². The van der Waals surface area contributed by atoms with Crippen LogP contribution in [0.5, 0.6) is 5.75 Å². The molecule has 0 amide bonds. The fraction of sp³-hybridized carbons (Fsp3) is 0. The zero-order valence-electron chi connectivity index (χ0n) is 8.55. The van der Waals surface area contributed by atoms with Crippen LogP contribution in [0, 0.1) is 17.5 Å². The lowest BCUT2D eigenvalue weighted by atomic mass is 10.2. The van der Waals surface area contributed by atoms with E-state index in [0.717, 1.165) is 12.1 Å². The van der Waals surface area contributed by atoms with Crippen molar-refractivity contribution >= 4 is 11.4 Å². The van der Waals surface area contributed by atoms with Gasteiger partial charge in [0.1, 0.15) is 5.75 Å². The van der Waals surface area contributed by atoms with Gasteiger partial charge in [-0.3, -0.25) is 0 Å². The Morgan fingerprint density at radius 1 is 0.824 bits per heavy atom. The molecule has 0 aliphatic rings. The monoisotopic (exact) mass is 239 g/mol. The first-order valence-corrected chi connectivity index (χ1v) is 4.77. The highest BCUT2D eigenvalue weighted by Gasteiger charge is 2.13. The largest absolute Gasteiger partial charge is 0.508 e. The Hall–Kier alpha value is -2.17. The summed E-state index contributed by atoms with van der Waals surface area (Å²) in [5, 5.41) is 11.6. The number of phenols is 1. The second-order valence-corrected chi connectivity index (χ2v) is 3.39. The number of aromatic hydroxyl groups is 1. The summed E-state index contributed by atoms with van der Waals surface area (Å²) >= 11 is 0. The Morgan fingerprint density at radius 2 is 1.47 bits per heavy atom. The third-order valence-electron chi connectivity index (χ3n) is 2.18. The van der Waals surface area contributed by atoms with Gasteiger partial charge in [0.25, 0.3) is 0 Å². The third-order valence-corrected chi connectivity index (χ3v) is 2.18. The molecule has 0 heterocycles. The lowest BCUT2D eigenvalue weighted by molar-refractivity contribution is 0.449. The van der Waals surface area contributed by atoms with E-state index in [1.807, 2.05) is 0 Å². The number of hydrogen-bond acceptors (Lipinski definition) is 2. The molecule has 0 bridgehead atoms. The molecule has 0 aromatic heterocycles. The number of phenolic OH excluding ortho intramolecular Hbond substituents is 1. The molecule has 17 heavy (non-hydrogen) atoms. The maximum Gasteiger partial charge on any atom is 0.196 e. The zero-order chi connectivity index (χ0) is 12.4. The Balaban J connectivity index is 2.30. The van der Waals surface area contributed by atoms with E-state index in [1.54, 1.807) is 0 Å². The van der Waals surface area contributed by atoms with Gasteiger partial charge in [0.2, 0.25) is 0 Å². The molecule has 5 heteroatoms. The van der Waals surface area contributed by atoms with E-state index in [0.29, 0.717) is 5.69 Å². The van der Waals surface area contributed by atoms with Gasteiger partial charge in [-0.1, -0.05) is 0 Å². The summed E-state index contributed by atoms with van der Waals surface area (Å²) in [6, 6.07) is 7.67. The minimum atomic E-state index is -1.52. The van der Waals surface area contributed by atoms with E-state index in [2.05, 4.69) is 5.32 Å². The Bertz CT molecular complexity index is 540. The van der Waals surface area contributed by atoms with Gasteiger partial charge in [-0.15, -0.1) is 0 Å². The smallest absolute Gasteiger partial charge is 0.196 e. The first-order chi connectivity index (χ1) is 8.08. The minimum absolute atomic E-state index is 0.0568. The van der Waals surface area contributed by atoms with Crippen molar-refractivity contribution in [1.29, 1.82) is 0 Å². The molecule has 2 aromatic rings. The second kappa shape index (κ2) is 4.37. The molecule has 2 aromatic carbocycles. The van der Waals surface area contributed by atoms with Crippen LogP contribution in [0.4, 0.5) is 24.5 Å². The fourth-order valence-corrected chi connectivity index (χ4v) is 1.32. The number of hydrogen-bond donors (Lipinski definition) is 2. The topological polar surface area (TPSA) is 32.3 Å². The van der Waals surface area contributed by atoms with Crippen LogP contribution in [0.3, 0.4) is 0 Å². The quantitative estimate of drug-likeness (QED) is 0.620. The molecule has 2 N–H and O–H groups in total. The normalized spacial score (nSPS) is 10.3. The summed E-state index contributed by atoms with van der Waals surface area (Å²) in [5.74, 6) is -3.98. The van der Waals surface area contributed by atoms with E-state index in [1.165, 1.54) is 24.3 Å². The second-order valence-electron chi connectivity index (χ2n) is 3.39. The van der Waals surface area contributed by atoms with Gasteiger partial charge in [0.15, 0.2) is 17.5 Å². The molecule has 0 atom stereocenters. The maximum absolute atomic E-state index is 13.3. The van der Waals surface area contributed by atoms with Crippen molar-refractivity contribution in [2.24, 2.45) is 0 Å². The molecule has 0 radical (unpaired) electrons. The summed E-state index contributed by atoms with van der Waals surface area (Å²) in [7, 11) is 0. The van der Waals surface area contributed by atoms with Gasteiger partial charge < -0.3 is 10.4 Å². The van der Waals surface area contributed by atoms with Crippen LogP contribution in [0.25, 0.3) is 0 Å². The first kappa shape index (κ1) is 11.3. The highest BCUT2D eigenvalue weighted by Crippen LogP contribution is 2.24. The highest BCUT2D eigenvalue weighted by molar-refractivity contribution is 5.60. The first-order valence-electron chi connectivity index (χ1n) is 4.77. The van der Waals surface area contributed by atoms with Gasteiger partial charge in [-0.25, -0.2) is 13.2 Å². The standard InChI is InChI=1S/C12H8F3NO/c13-9-5-6-10(12(15)11(9)14)16-7-1-3-8(17)4-2-7/h1-6,16-17H. The van der Waals surface area contributed by atoms with Crippen LogP contribution in [-0.4, -0.2) is 5.11 Å². The maximum atomic E-state index is 13.3. The molecule has 2 rings (SSSR count). The third kappa shape index (κ3) is 2.33. The minimum Gasteiger partial charge on any atom is -0.508 e. The number of nitrogens with one attached hydrogen (secondary N) is 1.